The van der Waals surface area contributed by atoms with E-state index in [-0.39, 0.29) is 32.9 Å². The average Bonchev–Trinajstić information content (AvgIpc) is 2.71. The molecule has 2 aromatic carbocycles. The Morgan fingerprint density at radius 3 is 2.15 bits per heavy atom. The van der Waals surface area contributed by atoms with Crippen LogP contribution >= 0.6 is 0 Å². The van der Waals surface area contributed by atoms with Gasteiger partial charge < -0.3 is 19.5 Å². The number of carbonyl (C=O) groups excluding carboxylic acids is 2. The van der Waals surface area contributed by atoms with Crippen molar-refractivity contribution in [1.82, 2.24) is 4.90 Å². The summed E-state index contributed by atoms with van der Waals surface area (Å²) in [5.74, 6) is 0. The maximum atomic E-state index is 12.5. The van der Waals surface area contributed by atoms with Gasteiger partial charge in [-0.3, -0.25) is 4.90 Å². The maximum absolute atomic E-state index is 12.5. The van der Waals surface area contributed by atoms with Gasteiger partial charge >= 0.3 is 12.2 Å². The zero-order chi connectivity index (χ0) is 19.5. The molecular weight excluding hydrogens is 348 g/mol. The fourth-order valence-corrected chi connectivity index (χ4v) is 2.31. The van der Waals surface area contributed by atoms with E-state index in [1.165, 1.54) is 16.8 Å². The Balaban J connectivity index is 1.95. The topological polar surface area (TPSA) is 79.3 Å². The summed E-state index contributed by atoms with van der Waals surface area (Å²) in [5.41, 5.74) is 1.53. The van der Waals surface area contributed by atoms with Crippen molar-refractivity contribution in [3.05, 3.63) is 66.2 Å². The Morgan fingerprint density at radius 1 is 0.889 bits per heavy atom. The summed E-state index contributed by atoms with van der Waals surface area (Å²) in [6, 6.07) is 18.4. The van der Waals surface area contributed by atoms with Crippen LogP contribution in [0.1, 0.15) is 5.56 Å². The smallest absolute Gasteiger partial charge is 0.414 e. The second-order valence-corrected chi connectivity index (χ2v) is 5.79. The number of anilines is 1. The number of carbonyl (C=O) groups is 2. The maximum Gasteiger partial charge on any atom is 0.414 e. The molecule has 0 radical (unpaired) electrons. The molecule has 2 amide bonds. The van der Waals surface area contributed by atoms with Crippen LogP contribution < -0.4 is 4.90 Å². The summed E-state index contributed by atoms with van der Waals surface area (Å²) in [5, 5.41) is 8.85. The molecule has 0 spiro atoms. The molecule has 0 unspecified atom stereocenters. The Kier molecular flexibility index (Phi) is 8.12. The first-order valence-corrected chi connectivity index (χ1v) is 8.64. The van der Waals surface area contributed by atoms with E-state index in [4.69, 9.17) is 14.6 Å². The molecule has 0 saturated carbocycles. The predicted molar refractivity (Wildman–Crippen MR) is 101 cm³/mol. The van der Waals surface area contributed by atoms with E-state index in [0.29, 0.717) is 5.69 Å². The number of aliphatic hydroxyl groups excluding tert-OH is 1. The van der Waals surface area contributed by atoms with Gasteiger partial charge in [0.25, 0.3) is 0 Å². The monoisotopic (exact) mass is 372 g/mol. The third-order valence-electron chi connectivity index (χ3n) is 3.78. The largest absolute Gasteiger partial charge is 0.448 e. The third kappa shape index (κ3) is 6.63. The highest BCUT2D eigenvalue weighted by molar-refractivity contribution is 5.87. The van der Waals surface area contributed by atoms with Crippen LogP contribution in [0.3, 0.4) is 0 Å². The van der Waals surface area contributed by atoms with Crippen LogP contribution in [0.15, 0.2) is 60.7 Å². The van der Waals surface area contributed by atoms with Crippen molar-refractivity contribution in [3.63, 3.8) is 0 Å². The number of rotatable bonds is 8. The number of hydrogen-bond acceptors (Lipinski definition) is 5. The second kappa shape index (κ2) is 10.8. The van der Waals surface area contributed by atoms with Crippen molar-refractivity contribution in [1.29, 1.82) is 0 Å². The fraction of sp³-hybridized carbons (Fsp3) is 0.300. The van der Waals surface area contributed by atoms with Gasteiger partial charge in [-0.25, -0.2) is 9.59 Å². The SMILES string of the molecule is CN(CCO)C(=O)OCCN(C(=O)OCc1ccccc1)c1ccccc1. The van der Waals surface area contributed by atoms with Crippen LogP contribution in [0.2, 0.25) is 0 Å². The van der Waals surface area contributed by atoms with Crippen LogP contribution in [0.5, 0.6) is 0 Å². The molecule has 0 fully saturated rings. The van der Waals surface area contributed by atoms with E-state index in [0.717, 1.165) is 5.56 Å². The second-order valence-electron chi connectivity index (χ2n) is 5.79. The number of benzene rings is 2. The predicted octanol–water partition coefficient (Wildman–Crippen LogP) is 2.89. The highest BCUT2D eigenvalue weighted by Crippen LogP contribution is 2.15. The molecule has 0 aliphatic heterocycles. The molecule has 1 N–H and O–H groups in total. The van der Waals surface area contributed by atoms with Gasteiger partial charge in [-0.05, 0) is 17.7 Å². The minimum absolute atomic E-state index is 0.00390. The molecule has 0 aromatic heterocycles. The van der Waals surface area contributed by atoms with Gasteiger partial charge in [0.15, 0.2) is 0 Å². The van der Waals surface area contributed by atoms with Crippen LogP contribution in [0.4, 0.5) is 15.3 Å². The van der Waals surface area contributed by atoms with Gasteiger partial charge in [0.2, 0.25) is 0 Å². The Labute approximate surface area is 158 Å². The molecule has 0 aliphatic rings. The molecule has 144 valence electrons. The first-order valence-electron chi connectivity index (χ1n) is 8.64. The standard InChI is InChI=1S/C20H24N2O5/c1-21(12-14-23)19(24)26-15-13-22(18-10-6-3-7-11-18)20(25)27-16-17-8-4-2-5-9-17/h2-11,23H,12-16H2,1H3. The van der Waals surface area contributed by atoms with Crippen molar-refractivity contribution >= 4 is 17.9 Å². The van der Waals surface area contributed by atoms with E-state index < -0.39 is 12.2 Å². The van der Waals surface area contributed by atoms with E-state index in [1.807, 2.05) is 48.5 Å². The van der Waals surface area contributed by atoms with Gasteiger partial charge in [0.1, 0.15) is 13.2 Å². The minimum atomic E-state index is -0.560. The van der Waals surface area contributed by atoms with Crippen LogP contribution in [-0.2, 0) is 16.1 Å². The van der Waals surface area contributed by atoms with Crippen molar-refractivity contribution in [3.8, 4) is 0 Å². The Morgan fingerprint density at radius 2 is 1.52 bits per heavy atom. The number of nitrogens with zero attached hydrogens (tertiary/aromatic N) is 2. The number of aliphatic hydroxyl groups is 1. The molecule has 7 heteroatoms. The molecule has 27 heavy (non-hydrogen) atoms. The summed E-state index contributed by atoms with van der Waals surface area (Å²) in [7, 11) is 1.53. The highest BCUT2D eigenvalue weighted by atomic mass is 16.6. The van der Waals surface area contributed by atoms with E-state index >= 15 is 0 Å². The lowest BCUT2D eigenvalue weighted by Gasteiger charge is -2.23. The Hall–Kier alpha value is -3.06. The summed E-state index contributed by atoms with van der Waals surface area (Å²) < 4.78 is 10.5. The molecular formula is C20H24N2O5. The number of likely N-dealkylation sites (N-methyl/N-ethyl adjacent to an activating group) is 1. The zero-order valence-corrected chi connectivity index (χ0v) is 15.3. The summed E-state index contributed by atoms with van der Waals surface area (Å²) in [6.07, 6.45) is -1.08. The molecule has 0 heterocycles. The van der Waals surface area contributed by atoms with Crippen LogP contribution in [0, 0.1) is 0 Å². The van der Waals surface area contributed by atoms with Gasteiger partial charge in [-0.2, -0.15) is 0 Å². The summed E-state index contributed by atoms with van der Waals surface area (Å²) >= 11 is 0. The molecule has 2 rings (SSSR count). The van der Waals surface area contributed by atoms with Gasteiger partial charge in [0.05, 0.1) is 13.2 Å². The quantitative estimate of drug-likeness (QED) is 0.771. The highest BCUT2D eigenvalue weighted by Gasteiger charge is 2.18. The Bertz CT molecular complexity index is 709. The molecule has 0 atom stereocenters. The molecule has 0 aliphatic carbocycles. The van der Waals surface area contributed by atoms with Crippen molar-refractivity contribution in [2.45, 2.75) is 6.61 Å². The summed E-state index contributed by atoms with van der Waals surface area (Å²) in [4.78, 5) is 27.0. The lowest BCUT2D eigenvalue weighted by atomic mass is 10.2. The third-order valence-corrected chi connectivity index (χ3v) is 3.78. The van der Waals surface area contributed by atoms with Crippen LogP contribution in [0.25, 0.3) is 0 Å². The zero-order valence-electron chi connectivity index (χ0n) is 15.3. The molecule has 2 aromatic rings. The molecule has 7 nitrogen and oxygen atoms in total. The van der Waals surface area contributed by atoms with Crippen molar-refractivity contribution < 1.29 is 24.2 Å². The lowest BCUT2D eigenvalue weighted by molar-refractivity contribution is 0.104. The van der Waals surface area contributed by atoms with E-state index in [1.54, 1.807) is 12.1 Å². The van der Waals surface area contributed by atoms with Crippen LogP contribution in [-0.4, -0.2) is 55.5 Å². The average molecular weight is 372 g/mol. The fourth-order valence-electron chi connectivity index (χ4n) is 2.31. The van der Waals surface area contributed by atoms with Gasteiger partial charge in [-0.15, -0.1) is 0 Å². The normalized spacial score (nSPS) is 10.1. The van der Waals surface area contributed by atoms with Gasteiger partial charge in [-0.1, -0.05) is 48.5 Å². The first-order chi connectivity index (χ1) is 13.1. The molecule has 0 bridgehead atoms. The van der Waals surface area contributed by atoms with Crippen molar-refractivity contribution in [2.24, 2.45) is 0 Å². The summed E-state index contributed by atoms with van der Waals surface area (Å²) in [6.45, 7) is 0.343. The number of para-hydroxylation sites is 1. The van der Waals surface area contributed by atoms with E-state index in [9.17, 15) is 9.59 Å². The van der Waals surface area contributed by atoms with Crippen molar-refractivity contribution in [2.75, 3.05) is 38.3 Å². The minimum Gasteiger partial charge on any atom is -0.448 e. The lowest BCUT2D eigenvalue weighted by Crippen LogP contribution is -2.37. The van der Waals surface area contributed by atoms with Gasteiger partial charge in [0, 0.05) is 19.3 Å². The number of amides is 2. The van der Waals surface area contributed by atoms with E-state index in [2.05, 4.69) is 0 Å². The molecule has 0 saturated heterocycles. The number of hydrogen-bond donors (Lipinski definition) is 1. The number of ether oxygens (including phenoxy) is 2. The first kappa shape index (κ1) is 20.3.